The molecule has 5 nitrogen and oxygen atoms in total. The molecule has 0 aromatic heterocycles. The maximum Gasteiger partial charge on any atom is 0.251 e. The van der Waals surface area contributed by atoms with Gasteiger partial charge in [-0.3, -0.25) is 4.79 Å². The van der Waals surface area contributed by atoms with Gasteiger partial charge in [-0.2, -0.15) is 0 Å². The lowest BCUT2D eigenvalue weighted by Crippen LogP contribution is -2.14. The highest BCUT2D eigenvalue weighted by molar-refractivity contribution is 5.94. The van der Waals surface area contributed by atoms with E-state index >= 15 is 0 Å². The minimum atomic E-state index is -0.857. The molecule has 0 bridgehead atoms. The van der Waals surface area contributed by atoms with E-state index in [1.807, 2.05) is 0 Å². The van der Waals surface area contributed by atoms with Crippen molar-refractivity contribution in [3.8, 4) is 11.5 Å². The Labute approximate surface area is 120 Å². The summed E-state index contributed by atoms with van der Waals surface area (Å²) in [7, 11) is 0. The number of hydrogen-bond acceptors (Lipinski definition) is 4. The van der Waals surface area contributed by atoms with Gasteiger partial charge in [0.05, 0.1) is 11.6 Å². The molecule has 0 saturated carbocycles. The van der Waals surface area contributed by atoms with Gasteiger partial charge in [0.1, 0.15) is 17.3 Å². The van der Waals surface area contributed by atoms with Gasteiger partial charge in [-0.15, -0.1) is 0 Å². The largest absolute Gasteiger partial charge is 0.508 e. The number of carbonyl (C=O) groups excluding carboxylic acids is 1. The van der Waals surface area contributed by atoms with Gasteiger partial charge >= 0.3 is 0 Å². The van der Waals surface area contributed by atoms with E-state index in [-0.39, 0.29) is 23.1 Å². The Morgan fingerprint density at radius 1 is 1.24 bits per heavy atom. The smallest absolute Gasteiger partial charge is 0.251 e. The molecule has 0 aliphatic rings. The van der Waals surface area contributed by atoms with Crippen molar-refractivity contribution in [3.63, 3.8) is 0 Å². The summed E-state index contributed by atoms with van der Waals surface area (Å²) < 4.78 is 13.4. The van der Waals surface area contributed by atoms with Crippen molar-refractivity contribution in [2.24, 2.45) is 5.73 Å². The topological polar surface area (TPSA) is 95.6 Å². The first-order valence-corrected chi connectivity index (χ1v) is 6.26. The van der Waals surface area contributed by atoms with Gasteiger partial charge in [0.25, 0.3) is 5.91 Å². The predicted octanol–water partition coefficient (Wildman–Crippen LogP) is 2.51. The second kappa shape index (κ2) is 5.70. The Morgan fingerprint density at radius 3 is 2.62 bits per heavy atom. The van der Waals surface area contributed by atoms with Crippen molar-refractivity contribution in [1.82, 2.24) is 0 Å². The van der Waals surface area contributed by atoms with Crippen molar-refractivity contribution in [3.05, 3.63) is 53.3 Å². The molecule has 0 aliphatic carbocycles. The molecule has 6 heteroatoms. The lowest BCUT2D eigenvalue weighted by atomic mass is 10.1. The maximum absolute atomic E-state index is 13.4. The highest BCUT2D eigenvalue weighted by Gasteiger charge is 2.14. The molecule has 2 aromatic carbocycles. The number of hydrogen-bond donors (Lipinski definition) is 4. The Balaban J connectivity index is 2.27. The number of aromatic hydroxyl groups is 2. The molecule has 0 spiro atoms. The normalized spacial score (nSPS) is 11.9. The molecule has 110 valence electrons. The summed E-state index contributed by atoms with van der Waals surface area (Å²) in [5.74, 6) is -1.51. The molecule has 5 N–H and O–H groups in total. The van der Waals surface area contributed by atoms with E-state index in [9.17, 15) is 19.4 Å². The van der Waals surface area contributed by atoms with E-state index in [0.717, 1.165) is 6.07 Å². The van der Waals surface area contributed by atoms with Crippen LogP contribution in [0.1, 0.15) is 28.9 Å². The summed E-state index contributed by atoms with van der Waals surface area (Å²) in [6.07, 6.45) is 0. The molecule has 0 fully saturated rings. The van der Waals surface area contributed by atoms with Crippen LogP contribution in [0.2, 0.25) is 0 Å². The van der Waals surface area contributed by atoms with E-state index in [1.165, 1.54) is 30.3 Å². The molecule has 1 amide bonds. The molecule has 1 atom stereocenters. The lowest BCUT2D eigenvalue weighted by Gasteiger charge is -2.17. The first-order valence-electron chi connectivity index (χ1n) is 6.26. The van der Waals surface area contributed by atoms with Gasteiger partial charge in [-0.25, -0.2) is 4.39 Å². The quantitative estimate of drug-likeness (QED) is 0.651. The Morgan fingerprint density at radius 2 is 1.95 bits per heavy atom. The van der Waals surface area contributed by atoms with Gasteiger partial charge in [-0.05, 0) is 43.3 Å². The number of nitrogens with two attached hydrogens (primary N) is 1. The molecule has 0 aliphatic heterocycles. The lowest BCUT2D eigenvalue weighted by molar-refractivity contribution is 0.0996. The number of carbonyl (C=O) groups is 1. The van der Waals surface area contributed by atoms with Crippen LogP contribution in [0.4, 0.5) is 10.1 Å². The number of phenols is 2. The Bertz CT molecular complexity index is 689. The molecule has 21 heavy (non-hydrogen) atoms. The number of benzene rings is 2. The van der Waals surface area contributed by atoms with Crippen molar-refractivity contribution in [1.29, 1.82) is 0 Å². The van der Waals surface area contributed by atoms with Crippen LogP contribution in [0.15, 0.2) is 36.4 Å². The second-order valence-electron chi connectivity index (χ2n) is 4.67. The SMILES string of the molecule is CC(Nc1ccc(F)c(C(N)=O)c1)c1cc(O)ccc1O. The predicted molar refractivity (Wildman–Crippen MR) is 76.7 cm³/mol. The Hall–Kier alpha value is -2.76. The maximum atomic E-state index is 13.4. The minimum Gasteiger partial charge on any atom is -0.508 e. The van der Waals surface area contributed by atoms with Gasteiger partial charge in [0.15, 0.2) is 0 Å². The van der Waals surface area contributed by atoms with E-state index < -0.39 is 11.7 Å². The minimum absolute atomic E-state index is 0.0186. The van der Waals surface area contributed by atoms with Crippen molar-refractivity contribution in [2.75, 3.05) is 5.32 Å². The second-order valence-corrected chi connectivity index (χ2v) is 4.67. The van der Waals surface area contributed by atoms with Gasteiger partial charge in [-0.1, -0.05) is 0 Å². The number of rotatable bonds is 4. The highest BCUT2D eigenvalue weighted by atomic mass is 19.1. The van der Waals surface area contributed by atoms with Crippen molar-refractivity contribution < 1.29 is 19.4 Å². The summed E-state index contributed by atoms with van der Waals surface area (Å²) in [4.78, 5) is 11.1. The van der Waals surface area contributed by atoms with E-state index in [4.69, 9.17) is 5.73 Å². The average Bonchev–Trinajstić information content (AvgIpc) is 2.43. The standard InChI is InChI=1S/C15H15FN2O3/c1-8(11-7-10(19)3-5-14(11)20)18-9-2-4-13(16)12(6-9)15(17)21/h2-8,18-20H,1H3,(H2,17,21). The van der Waals surface area contributed by atoms with Crippen LogP contribution in [-0.4, -0.2) is 16.1 Å². The monoisotopic (exact) mass is 290 g/mol. The summed E-state index contributed by atoms with van der Waals surface area (Å²) in [6.45, 7) is 1.75. The van der Waals surface area contributed by atoms with Crippen LogP contribution in [0.3, 0.4) is 0 Å². The summed E-state index contributed by atoms with van der Waals surface area (Å²) in [6, 6.07) is 7.69. The van der Waals surface area contributed by atoms with Crippen LogP contribution >= 0.6 is 0 Å². The third-order valence-corrected chi connectivity index (χ3v) is 3.09. The summed E-state index contributed by atoms with van der Waals surface area (Å²) in [5, 5.41) is 22.2. The third kappa shape index (κ3) is 3.22. The van der Waals surface area contributed by atoms with Crippen molar-refractivity contribution in [2.45, 2.75) is 13.0 Å². The molecule has 0 radical (unpaired) electrons. The van der Waals surface area contributed by atoms with E-state index in [0.29, 0.717) is 11.3 Å². The van der Waals surface area contributed by atoms with Crippen LogP contribution in [0.5, 0.6) is 11.5 Å². The van der Waals surface area contributed by atoms with E-state index in [1.54, 1.807) is 6.92 Å². The zero-order chi connectivity index (χ0) is 15.6. The van der Waals surface area contributed by atoms with Crippen LogP contribution < -0.4 is 11.1 Å². The number of amides is 1. The zero-order valence-electron chi connectivity index (χ0n) is 11.3. The first kappa shape index (κ1) is 14.6. The van der Waals surface area contributed by atoms with Crippen LogP contribution in [0.25, 0.3) is 0 Å². The number of nitrogens with one attached hydrogen (secondary N) is 1. The van der Waals surface area contributed by atoms with Crippen LogP contribution in [-0.2, 0) is 0 Å². The average molecular weight is 290 g/mol. The number of halogens is 1. The summed E-state index contributed by atoms with van der Waals surface area (Å²) in [5.41, 5.74) is 5.82. The van der Waals surface area contributed by atoms with Crippen molar-refractivity contribution >= 4 is 11.6 Å². The molecule has 1 unspecified atom stereocenters. The molecular formula is C15H15FN2O3. The Kier molecular flexibility index (Phi) is 3.98. The summed E-state index contributed by atoms with van der Waals surface area (Å²) >= 11 is 0. The number of anilines is 1. The molecular weight excluding hydrogens is 275 g/mol. The first-order chi connectivity index (χ1) is 9.88. The molecule has 0 saturated heterocycles. The van der Waals surface area contributed by atoms with E-state index in [2.05, 4.69) is 5.32 Å². The fourth-order valence-corrected chi connectivity index (χ4v) is 2.02. The van der Waals surface area contributed by atoms with Crippen LogP contribution in [0, 0.1) is 5.82 Å². The fraction of sp³-hybridized carbons (Fsp3) is 0.133. The third-order valence-electron chi connectivity index (χ3n) is 3.09. The van der Waals surface area contributed by atoms with Gasteiger partial charge in [0, 0.05) is 11.3 Å². The van der Waals surface area contributed by atoms with Gasteiger partial charge in [0.2, 0.25) is 0 Å². The highest BCUT2D eigenvalue weighted by Crippen LogP contribution is 2.30. The molecule has 2 aromatic rings. The van der Waals surface area contributed by atoms with Gasteiger partial charge < -0.3 is 21.3 Å². The fourth-order valence-electron chi connectivity index (χ4n) is 2.02. The molecule has 2 rings (SSSR count). The molecule has 0 heterocycles. The zero-order valence-corrected chi connectivity index (χ0v) is 11.3. The number of phenolic OH excluding ortho intramolecular Hbond substituents is 2. The number of primary amides is 1.